The van der Waals surface area contributed by atoms with Gasteiger partial charge in [0.2, 0.25) is 5.91 Å². The van der Waals surface area contributed by atoms with Gasteiger partial charge in [-0.1, -0.05) is 353 Å². The van der Waals surface area contributed by atoms with Gasteiger partial charge in [-0.2, -0.15) is 0 Å². The van der Waals surface area contributed by atoms with Crippen LogP contribution < -0.4 is 5.32 Å². The number of aliphatic hydroxyl groups is 2. The Hall–Kier alpha value is -1.13. The number of nitrogens with one attached hydrogen (secondary N) is 1. The highest BCUT2D eigenvalue weighted by molar-refractivity contribution is 5.76. The molecule has 3 N–H and O–H groups in total. The average Bonchev–Trinajstić information content (AvgIpc) is 3.37. The Morgan fingerprint density at radius 1 is 0.338 bits per heavy atom. The Balaban J connectivity index is 3.39. The highest BCUT2D eigenvalue weighted by Crippen LogP contribution is 2.19. The molecule has 0 aromatic heterocycles. The highest BCUT2D eigenvalue weighted by atomic mass is 16.3. The van der Waals surface area contributed by atoms with Gasteiger partial charge in [0.1, 0.15) is 0 Å². The van der Waals surface area contributed by atoms with E-state index in [-0.39, 0.29) is 12.5 Å². The van der Waals surface area contributed by atoms with E-state index >= 15 is 0 Å². The molecule has 4 heteroatoms. The van der Waals surface area contributed by atoms with E-state index in [1.165, 1.54) is 321 Å². The summed E-state index contributed by atoms with van der Waals surface area (Å²) in [6.45, 7) is 4.39. The van der Waals surface area contributed by atoms with Crippen molar-refractivity contribution >= 4 is 5.91 Å². The highest BCUT2D eigenvalue weighted by Gasteiger charge is 2.20. The molecule has 0 aromatic rings. The fourth-order valence-corrected chi connectivity index (χ4v) is 10.7. The van der Waals surface area contributed by atoms with E-state index in [2.05, 4.69) is 43.5 Å². The van der Waals surface area contributed by atoms with Gasteiger partial charge in [-0.15, -0.1) is 0 Å². The molecule has 0 saturated carbocycles. The maximum absolute atomic E-state index is 12.5. The van der Waals surface area contributed by atoms with Gasteiger partial charge in [0.05, 0.1) is 18.8 Å². The molecule has 0 radical (unpaired) electrons. The molecule has 2 atom stereocenters. The van der Waals surface area contributed by atoms with Crippen molar-refractivity contribution in [2.24, 2.45) is 0 Å². The van der Waals surface area contributed by atoms with Crippen LogP contribution in [0.3, 0.4) is 0 Å². The first-order chi connectivity index (χ1) is 35.2. The van der Waals surface area contributed by atoms with E-state index in [1.54, 1.807) is 0 Å². The molecule has 0 bridgehead atoms. The van der Waals surface area contributed by atoms with Crippen molar-refractivity contribution in [2.75, 3.05) is 6.61 Å². The number of carbonyl (C=O) groups excluding carboxylic acids is 1. The van der Waals surface area contributed by atoms with Gasteiger partial charge in [-0.25, -0.2) is 0 Å². The third-order valence-corrected chi connectivity index (χ3v) is 15.7. The number of hydrogen-bond donors (Lipinski definition) is 3. The van der Waals surface area contributed by atoms with Crippen LogP contribution in [0.2, 0.25) is 0 Å². The molecule has 4 nitrogen and oxygen atoms in total. The van der Waals surface area contributed by atoms with Crippen LogP contribution in [0.5, 0.6) is 0 Å². The molecular weight excluding hydrogens is 867 g/mol. The molecule has 2 unspecified atom stereocenters. The summed E-state index contributed by atoms with van der Waals surface area (Å²) in [6, 6.07) is -0.536. The Morgan fingerprint density at radius 2 is 0.577 bits per heavy atom. The number of amides is 1. The Kier molecular flexibility index (Phi) is 62.2. The second kappa shape index (κ2) is 63.2. The molecule has 1 amide bonds. The van der Waals surface area contributed by atoms with Crippen molar-refractivity contribution < 1.29 is 15.0 Å². The molecule has 422 valence electrons. The number of carbonyl (C=O) groups is 1. The van der Waals surface area contributed by atoms with Crippen LogP contribution in [0.25, 0.3) is 0 Å². The molecule has 71 heavy (non-hydrogen) atoms. The zero-order chi connectivity index (χ0) is 51.3. The van der Waals surface area contributed by atoms with Crippen molar-refractivity contribution in [1.82, 2.24) is 5.32 Å². The average molecular weight is 999 g/mol. The fourth-order valence-electron chi connectivity index (χ4n) is 10.7. The summed E-state index contributed by atoms with van der Waals surface area (Å²) in [5.74, 6) is -0.0243. The maximum Gasteiger partial charge on any atom is 0.220 e. The first-order valence-electron chi connectivity index (χ1n) is 33.0. The van der Waals surface area contributed by atoms with Gasteiger partial charge in [-0.3, -0.25) is 4.79 Å². The SMILES string of the molecule is CCCCCCC/C=C\C/C=C\CCCCCCCCCCCCCCCCCC(=O)NC(CO)C(O)CCCCCCCCCCCCCCCCCCCCCCCCCCCCCCCCCC. The summed E-state index contributed by atoms with van der Waals surface area (Å²) >= 11 is 0. The second-order valence-electron chi connectivity index (χ2n) is 22.9. The minimum atomic E-state index is -0.660. The zero-order valence-electron chi connectivity index (χ0n) is 48.8. The number of hydrogen-bond acceptors (Lipinski definition) is 3. The minimum Gasteiger partial charge on any atom is -0.394 e. The predicted molar refractivity (Wildman–Crippen MR) is 318 cm³/mol. The number of unbranched alkanes of at least 4 members (excludes halogenated alkanes) is 51. The lowest BCUT2D eigenvalue weighted by atomic mass is 10.0. The van der Waals surface area contributed by atoms with E-state index in [0.29, 0.717) is 12.8 Å². The van der Waals surface area contributed by atoms with Crippen LogP contribution in [-0.2, 0) is 4.79 Å². The number of aliphatic hydroxyl groups excluding tert-OH is 2. The third kappa shape index (κ3) is 59.6. The van der Waals surface area contributed by atoms with Crippen molar-refractivity contribution in [2.45, 2.75) is 392 Å². The van der Waals surface area contributed by atoms with Crippen LogP contribution in [0.1, 0.15) is 380 Å². The first-order valence-corrected chi connectivity index (χ1v) is 33.0. The quantitative estimate of drug-likeness (QED) is 0.0420. The van der Waals surface area contributed by atoms with Gasteiger partial charge >= 0.3 is 0 Å². The van der Waals surface area contributed by atoms with Gasteiger partial charge in [-0.05, 0) is 44.9 Å². The zero-order valence-corrected chi connectivity index (χ0v) is 48.8. The first kappa shape index (κ1) is 69.9. The topological polar surface area (TPSA) is 69.6 Å². The van der Waals surface area contributed by atoms with Crippen LogP contribution >= 0.6 is 0 Å². The monoisotopic (exact) mass is 998 g/mol. The molecule has 0 aliphatic rings. The molecule has 0 fully saturated rings. The Labute approximate surface area is 447 Å². The van der Waals surface area contributed by atoms with Crippen LogP contribution in [0, 0.1) is 0 Å². The molecule has 0 aliphatic carbocycles. The van der Waals surface area contributed by atoms with Crippen LogP contribution in [0.4, 0.5) is 0 Å². The van der Waals surface area contributed by atoms with Gasteiger partial charge < -0.3 is 15.5 Å². The maximum atomic E-state index is 12.5. The normalized spacial score (nSPS) is 12.8. The van der Waals surface area contributed by atoms with E-state index in [4.69, 9.17) is 0 Å². The molecule has 0 saturated heterocycles. The standard InChI is InChI=1S/C67H131NO3/c1-3-5-7-9-11-13-15-17-19-21-23-25-27-29-31-32-33-34-35-37-38-40-42-44-46-48-50-52-54-56-58-60-62-66(70)65(64-69)68-67(71)63-61-59-57-55-53-51-49-47-45-43-41-39-36-30-28-26-24-22-20-18-16-14-12-10-8-6-4-2/h16,18,22,24,65-66,69-70H,3-15,17,19-21,23,25-64H2,1-2H3,(H,68,71)/b18-16-,24-22-. The van der Waals surface area contributed by atoms with E-state index < -0.39 is 12.1 Å². The molecule has 0 aliphatic heterocycles. The molecule has 0 heterocycles. The van der Waals surface area contributed by atoms with Crippen LogP contribution in [0.15, 0.2) is 24.3 Å². The molecule has 0 spiro atoms. The third-order valence-electron chi connectivity index (χ3n) is 15.7. The molecule has 0 rings (SSSR count). The lowest BCUT2D eigenvalue weighted by Gasteiger charge is -2.22. The van der Waals surface area contributed by atoms with Crippen molar-refractivity contribution in [3.63, 3.8) is 0 Å². The molecular formula is C67H131NO3. The van der Waals surface area contributed by atoms with Crippen molar-refractivity contribution in [1.29, 1.82) is 0 Å². The van der Waals surface area contributed by atoms with Crippen LogP contribution in [-0.4, -0.2) is 34.9 Å². The van der Waals surface area contributed by atoms with E-state index in [9.17, 15) is 15.0 Å². The van der Waals surface area contributed by atoms with Gasteiger partial charge in [0.15, 0.2) is 0 Å². The minimum absolute atomic E-state index is 0.0243. The summed E-state index contributed by atoms with van der Waals surface area (Å²) in [5, 5.41) is 23.4. The van der Waals surface area contributed by atoms with Crippen molar-refractivity contribution in [3.8, 4) is 0 Å². The number of rotatable bonds is 62. The van der Waals surface area contributed by atoms with Crippen molar-refractivity contribution in [3.05, 3.63) is 24.3 Å². The summed E-state index contributed by atoms with van der Waals surface area (Å²) in [7, 11) is 0. The Morgan fingerprint density at radius 3 is 0.845 bits per heavy atom. The lowest BCUT2D eigenvalue weighted by molar-refractivity contribution is -0.123. The largest absolute Gasteiger partial charge is 0.394 e. The predicted octanol–water partition coefficient (Wildman–Crippen LogP) is 22.2. The lowest BCUT2D eigenvalue weighted by Crippen LogP contribution is -2.45. The second-order valence-corrected chi connectivity index (χ2v) is 22.9. The van der Waals surface area contributed by atoms with E-state index in [1.807, 2.05) is 0 Å². The summed E-state index contributed by atoms with van der Waals surface area (Å²) in [4.78, 5) is 12.5. The summed E-state index contributed by atoms with van der Waals surface area (Å²) < 4.78 is 0. The molecule has 0 aromatic carbocycles. The van der Waals surface area contributed by atoms with Gasteiger partial charge in [0, 0.05) is 6.42 Å². The van der Waals surface area contributed by atoms with E-state index in [0.717, 1.165) is 32.1 Å². The fraction of sp³-hybridized carbons (Fsp3) is 0.925. The Bertz CT molecular complexity index is 1040. The smallest absolute Gasteiger partial charge is 0.220 e. The summed E-state index contributed by atoms with van der Waals surface area (Å²) in [6.07, 6.45) is 85.0. The van der Waals surface area contributed by atoms with Gasteiger partial charge in [0.25, 0.3) is 0 Å². The number of allylic oxidation sites excluding steroid dienone is 4. The summed E-state index contributed by atoms with van der Waals surface area (Å²) in [5.41, 5.74) is 0.